The van der Waals surface area contributed by atoms with Crippen LogP contribution in [0.15, 0.2) is 48.7 Å². The van der Waals surface area contributed by atoms with Crippen molar-refractivity contribution in [1.82, 2.24) is 24.5 Å². The van der Waals surface area contributed by atoms with E-state index < -0.39 is 5.60 Å². The van der Waals surface area contributed by atoms with Gasteiger partial charge in [0.1, 0.15) is 17.2 Å². The second-order valence-corrected chi connectivity index (χ2v) is 10.6. The van der Waals surface area contributed by atoms with E-state index in [9.17, 15) is 4.79 Å². The van der Waals surface area contributed by atoms with Crippen LogP contribution in [0.3, 0.4) is 0 Å². The number of anilines is 1. The van der Waals surface area contributed by atoms with Gasteiger partial charge in [-0.2, -0.15) is 5.10 Å². The third-order valence-corrected chi connectivity index (χ3v) is 6.62. The van der Waals surface area contributed by atoms with Crippen molar-refractivity contribution >= 4 is 17.6 Å². The van der Waals surface area contributed by atoms with Crippen LogP contribution in [0.4, 0.5) is 10.6 Å². The molecule has 0 bridgehead atoms. The minimum Gasteiger partial charge on any atom is -0.496 e. The molecule has 5 rings (SSSR count). The lowest BCUT2D eigenvalue weighted by Crippen LogP contribution is -2.50. The number of fused-ring (bicyclic) bond motifs is 1. The summed E-state index contributed by atoms with van der Waals surface area (Å²) in [5.41, 5.74) is 5.97. The number of amides is 1. The fourth-order valence-electron chi connectivity index (χ4n) is 4.72. The molecule has 1 aliphatic rings. The number of nitrogens with zero attached hydrogens (tertiary/aromatic N) is 6. The van der Waals surface area contributed by atoms with Crippen molar-refractivity contribution in [2.75, 3.05) is 38.2 Å². The summed E-state index contributed by atoms with van der Waals surface area (Å²) >= 11 is 0. The maximum atomic E-state index is 12.4. The summed E-state index contributed by atoms with van der Waals surface area (Å²) in [4.78, 5) is 25.8. The molecule has 0 aliphatic carbocycles. The van der Waals surface area contributed by atoms with Crippen molar-refractivity contribution in [3.05, 3.63) is 59.9 Å². The van der Waals surface area contributed by atoms with E-state index >= 15 is 0 Å². The van der Waals surface area contributed by atoms with Gasteiger partial charge >= 0.3 is 6.09 Å². The Hall–Kier alpha value is -4.14. The van der Waals surface area contributed by atoms with Gasteiger partial charge in [-0.1, -0.05) is 0 Å². The van der Waals surface area contributed by atoms with E-state index in [1.807, 2.05) is 75.7 Å². The summed E-state index contributed by atoms with van der Waals surface area (Å²) in [5.74, 6) is 1.73. The van der Waals surface area contributed by atoms with Gasteiger partial charge in [0, 0.05) is 43.5 Å². The number of methoxy groups -OCH3 is 1. The van der Waals surface area contributed by atoms with Gasteiger partial charge in [-0.05, 0) is 82.6 Å². The lowest BCUT2D eigenvalue weighted by molar-refractivity contribution is 0.0240. The van der Waals surface area contributed by atoms with Crippen LogP contribution in [0.5, 0.6) is 5.75 Å². The number of ether oxygens (including phenoxy) is 2. The number of aromatic nitrogens is 4. The van der Waals surface area contributed by atoms with Crippen molar-refractivity contribution in [2.24, 2.45) is 0 Å². The third-order valence-electron chi connectivity index (χ3n) is 6.62. The van der Waals surface area contributed by atoms with Gasteiger partial charge in [0.25, 0.3) is 0 Å². The summed E-state index contributed by atoms with van der Waals surface area (Å²) in [6.45, 7) is 12.3. The molecule has 4 aromatic rings. The molecule has 1 saturated heterocycles. The highest BCUT2D eigenvalue weighted by atomic mass is 16.6. The Morgan fingerprint density at radius 3 is 2.32 bits per heavy atom. The fraction of sp³-hybridized carbons (Fsp3) is 0.379. The molecule has 9 heteroatoms. The summed E-state index contributed by atoms with van der Waals surface area (Å²) < 4.78 is 12.8. The van der Waals surface area contributed by atoms with Gasteiger partial charge in [0.2, 0.25) is 0 Å². The topological polar surface area (TPSA) is 85.1 Å². The smallest absolute Gasteiger partial charge is 0.410 e. The molecule has 0 radical (unpaired) electrons. The molecule has 0 unspecified atom stereocenters. The molecule has 1 aliphatic heterocycles. The zero-order valence-electron chi connectivity index (χ0n) is 22.9. The van der Waals surface area contributed by atoms with E-state index in [1.54, 1.807) is 12.0 Å². The average molecular weight is 515 g/mol. The SMILES string of the molecule is COc1ccc(-c2ccc3nc(C)c(-c4ccc(N5CCN(C(=O)OC(C)(C)C)CC5)nc4)n3n2)cc1C. The number of rotatable bonds is 4. The molecular formula is C29H34N6O3. The molecule has 0 atom stereocenters. The number of aryl methyl sites for hydroxylation is 2. The predicted molar refractivity (Wildman–Crippen MR) is 148 cm³/mol. The van der Waals surface area contributed by atoms with Gasteiger partial charge in [0.05, 0.1) is 24.2 Å². The van der Waals surface area contributed by atoms with E-state index in [4.69, 9.17) is 24.5 Å². The van der Waals surface area contributed by atoms with Crippen molar-refractivity contribution in [2.45, 2.75) is 40.2 Å². The molecule has 3 aromatic heterocycles. The maximum Gasteiger partial charge on any atom is 0.410 e. The molecular weight excluding hydrogens is 480 g/mol. The van der Waals surface area contributed by atoms with Crippen molar-refractivity contribution in [1.29, 1.82) is 0 Å². The van der Waals surface area contributed by atoms with E-state index in [-0.39, 0.29) is 6.09 Å². The molecule has 198 valence electrons. The number of carbonyl (C=O) groups excluding carboxylic acids is 1. The highest BCUT2D eigenvalue weighted by Crippen LogP contribution is 2.29. The van der Waals surface area contributed by atoms with E-state index in [0.29, 0.717) is 26.2 Å². The van der Waals surface area contributed by atoms with E-state index in [1.165, 1.54) is 0 Å². The zero-order valence-corrected chi connectivity index (χ0v) is 22.9. The number of pyridine rings is 1. The minimum absolute atomic E-state index is 0.264. The van der Waals surface area contributed by atoms with Gasteiger partial charge in [0.15, 0.2) is 5.65 Å². The van der Waals surface area contributed by atoms with Crippen LogP contribution in [0.25, 0.3) is 28.2 Å². The first-order valence-corrected chi connectivity index (χ1v) is 12.8. The molecule has 4 heterocycles. The monoisotopic (exact) mass is 514 g/mol. The van der Waals surface area contributed by atoms with Crippen LogP contribution >= 0.6 is 0 Å². The van der Waals surface area contributed by atoms with Gasteiger partial charge in [-0.25, -0.2) is 19.3 Å². The molecule has 1 aromatic carbocycles. The lowest BCUT2D eigenvalue weighted by Gasteiger charge is -2.36. The van der Waals surface area contributed by atoms with Gasteiger partial charge in [-0.3, -0.25) is 0 Å². The number of piperazine rings is 1. The zero-order chi connectivity index (χ0) is 27.0. The Morgan fingerprint density at radius 1 is 0.947 bits per heavy atom. The molecule has 38 heavy (non-hydrogen) atoms. The standard InChI is InChI=1S/C29H34N6O3/c1-19-17-21(7-10-24(19)37-6)23-9-12-26-31-20(2)27(35(26)32-23)22-8-11-25(30-18-22)33-13-15-34(16-14-33)28(36)38-29(3,4)5/h7-12,17-18H,13-16H2,1-6H3. The van der Waals surface area contributed by atoms with Crippen LogP contribution in [0.1, 0.15) is 32.0 Å². The first kappa shape index (κ1) is 25.5. The second kappa shape index (κ2) is 9.96. The second-order valence-electron chi connectivity index (χ2n) is 10.6. The van der Waals surface area contributed by atoms with Gasteiger partial charge in [-0.15, -0.1) is 0 Å². The average Bonchev–Trinajstić information content (AvgIpc) is 3.22. The maximum absolute atomic E-state index is 12.4. The van der Waals surface area contributed by atoms with Crippen molar-refractivity contribution < 1.29 is 14.3 Å². The molecule has 0 spiro atoms. The van der Waals surface area contributed by atoms with Crippen molar-refractivity contribution in [3.63, 3.8) is 0 Å². The highest BCUT2D eigenvalue weighted by Gasteiger charge is 2.26. The molecule has 9 nitrogen and oxygen atoms in total. The van der Waals surface area contributed by atoms with Crippen LogP contribution in [-0.2, 0) is 4.74 Å². The Morgan fingerprint density at radius 2 is 1.68 bits per heavy atom. The quantitative estimate of drug-likeness (QED) is 0.373. The number of carbonyl (C=O) groups is 1. The van der Waals surface area contributed by atoms with Gasteiger partial charge < -0.3 is 19.3 Å². The van der Waals surface area contributed by atoms with Crippen LogP contribution in [0.2, 0.25) is 0 Å². The highest BCUT2D eigenvalue weighted by molar-refractivity contribution is 5.70. The van der Waals surface area contributed by atoms with E-state index in [0.717, 1.165) is 51.0 Å². The summed E-state index contributed by atoms with van der Waals surface area (Å²) in [5, 5.41) is 4.93. The first-order chi connectivity index (χ1) is 18.1. The Bertz CT molecular complexity index is 1460. The number of imidazole rings is 1. The number of hydrogen-bond donors (Lipinski definition) is 0. The summed E-state index contributed by atoms with van der Waals surface area (Å²) in [6, 6.07) is 14.1. The molecule has 1 amide bonds. The number of hydrogen-bond acceptors (Lipinski definition) is 7. The largest absolute Gasteiger partial charge is 0.496 e. The Kier molecular flexibility index (Phi) is 6.69. The summed E-state index contributed by atoms with van der Waals surface area (Å²) in [7, 11) is 1.68. The molecule has 0 saturated carbocycles. The fourth-order valence-corrected chi connectivity index (χ4v) is 4.72. The molecule has 0 N–H and O–H groups in total. The normalized spacial score (nSPS) is 14.2. The minimum atomic E-state index is -0.495. The Balaban J connectivity index is 1.36. The lowest BCUT2D eigenvalue weighted by atomic mass is 10.1. The van der Waals surface area contributed by atoms with Crippen molar-refractivity contribution in [3.8, 4) is 28.3 Å². The van der Waals surface area contributed by atoms with E-state index in [2.05, 4.69) is 17.0 Å². The third kappa shape index (κ3) is 5.14. The predicted octanol–water partition coefficient (Wildman–Crippen LogP) is 5.14. The van der Waals surface area contributed by atoms with Crippen LogP contribution in [0, 0.1) is 13.8 Å². The summed E-state index contributed by atoms with van der Waals surface area (Å²) in [6.07, 6.45) is 1.61. The first-order valence-electron chi connectivity index (χ1n) is 12.8. The molecule has 1 fully saturated rings. The van der Waals surface area contributed by atoms with Crippen LogP contribution in [-0.4, -0.2) is 69.5 Å². The Labute approximate surface area is 223 Å². The number of benzene rings is 1. The van der Waals surface area contributed by atoms with Crippen LogP contribution < -0.4 is 9.64 Å².